The lowest BCUT2D eigenvalue weighted by molar-refractivity contribution is 0.174. The third-order valence-corrected chi connectivity index (χ3v) is 4.17. The largest absolute Gasteiger partial charge is 0.495 e. The van der Waals surface area contributed by atoms with Gasteiger partial charge < -0.3 is 24.8 Å². The predicted octanol–water partition coefficient (Wildman–Crippen LogP) is 3.88. The number of fused-ring (bicyclic) bond motifs is 1. The van der Waals surface area contributed by atoms with Crippen LogP contribution in [0.4, 0.5) is 17.5 Å². The van der Waals surface area contributed by atoms with Crippen LogP contribution in [0.5, 0.6) is 17.2 Å². The first kappa shape index (κ1) is 17.0. The number of ether oxygens (including phenoxy) is 3. The summed E-state index contributed by atoms with van der Waals surface area (Å²) in [5, 5.41) is 6.51. The van der Waals surface area contributed by atoms with Crippen LogP contribution >= 0.6 is 0 Å². The van der Waals surface area contributed by atoms with Crippen LogP contribution in [0.1, 0.15) is 11.1 Å². The van der Waals surface area contributed by atoms with E-state index in [0.717, 1.165) is 39.9 Å². The minimum atomic E-state index is 0.273. The van der Waals surface area contributed by atoms with E-state index < -0.39 is 0 Å². The van der Waals surface area contributed by atoms with Crippen molar-refractivity contribution in [3.63, 3.8) is 0 Å². The van der Waals surface area contributed by atoms with Crippen molar-refractivity contribution in [2.75, 3.05) is 24.5 Å². The van der Waals surface area contributed by atoms with Gasteiger partial charge in [-0.1, -0.05) is 12.1 Å². The Morgan fingerprint density at radius 3 is 2.85 bits per heavy atom. The van der Waals surface area contributed by atoms with Crippen LogP contribution in [-0.4, -0.2) is 23.9 Å². The standard InChI is InChI=1S/C20H20N4O3/c1-13-3-5-16(25-2)15(9-13)23-20-21-8-7-19(24-20)22-11-14-4-6-17-18(10-14)27-12-26-17/h3-10H,11-12H2,1-2H3,(H2,21,22,23,24). The Balaban J connectivity index is 1.46. The minimum Gasteiger partial charge on any atom is -0.495 e. The molecule has 0 fully saturated rings. The zero-order chi connectivity index (χ0) is 18.6. The highest BCUT2D eigenvalue weighted by molar-refractivity contribution is 5.64. The Morgan fingerprint density at radius 2 is 1.96 bits per heavy atom. The van der Waals surface area contributed by atoms with E-state index in [1.165, 1.54) is 0 Å². The predicted molar refractivity (Wildman–Crippen MR) is 103 cm³/mol. The molecule has 2 N–H and O–H groups in total. The summed E-state index contributed by atoms with van der Waals surface area (Å²) in [6, 6.07) is 13.6. The van der Waals surface area contributed by atoms with E-state index in [0.29, 0.717) is 12.5 Å². The highest BCUT2D eigenvalue weighted by Crippen LogP contribution is 2.32. The third-order valence-electron chi connectivity index (χ3n) is 4.17. The zero-order valence-corrected chi connectivity index (χ0v) is 15.2. The maximum absolute atomic E-state index is 5.41. The Labute approximate surface area is 157 Å². The van der Waals surface area contributed by atoms with Crippen molar-refractivity contribution < 1.29 is 14.2 Å². The normalized spacial score (nSPS) is 11.9. The van der Waals surface area contributed by atoms with E-state index in [-0.39, 0.29) is 6.79 Å². The third kappa shape index (κ3) is 3.87. The average molecular weight is 364 g/mol. The highest BCUT2D eigenvalue weighted by atomic mass is 16.7. The van der Waals surface area contributed by atoms with Gasteiger partial charge in [-0.2, -0.15) is 4.98 Å². The summed E-state index contributed by atoms with van der Waals surface area (Å²) >= 11 is 0. The lowest BCUT2D eigenvalue weighted by Gasteiger charge is -2.12. The maximum Gasteiger partial charge on any atom is 0.231 e. The van der Waals surface area contributed by atoms with Gasteiger partial charge in [-0.25, -0.2) is 4.98 Å². The summed E-state index contributed by atoms with van der Waals surface area (Å²) in [6.07, 6.45) is 1.71. The Bertz CT molecular complexity index is 962. The number of anilines is 3. The maximum atomic E-state index is 5.41. The lowest BCUT2D eigenvalue weighted by atomic mass is 10.2. The number of aromatic nitrogens is 2. The molecule has 1 aliphatic rings. The van der Waals surface area contributed by atoms with Crippen LogP contribution in [0.15, 0.2) is 48.7 Å². The van der Waals surface area contributed by atoms with E-state index >= 15 is 0 Å². The minimum absolute atomic E-state index is 0.273. The SMILES string of the molecule is COc1ccc(C)cc1Nc1nccc(NCc2ccc3c(c2)OCO3)n1. The van der Waals surface area contributed by atoms with Crippen LogP contribution in [-0.2, 0) is 6.54 Å². The molecule has 0 radical (unpaired) electrons. The molecule has 4 rings (SSSR count). The molecule has 7 nitrogen and oxygen atoms in total. The van der Waals surface area contributed by atoms with Gasteiger partial charge in [0.05, 0.1) is 12.8 Å². The topological polar surface area (TPSA) is 77.5 Å². The summed E-state index contributed by atoms with van der Waals surface area (Å²) < 4.78 is 16.1. The Hall–Kier alpha value is -3.48. The number of benzene rings is 2. The van der Waals surface area contributed by atoms with E-state index in [1.54, 1.807) is 13.3 Å². The van der Waals surface area contributed by atoms with Crippen LogP contribution in [0.2, 0.25) is 0 Å². The number of aryl methyl sites for hydroxylation is 1. The molecule has 0 amide bonds. The van der Waals surface area contributed by atoms with E-state index in [2.05, 4.69) is 20.6 Å². The number of rotatable bonds is 6. The molecule has 2 heterocycles. The van der Waals surface area contributed by atoms with E-state index in [1.807, 2.05) is 49.4 Å². The molecule has 27 heavy (non-hydrogen) atoms. The first-order valence-corrected chi connectivity index (χ1v) is 8.58. The molecule has 1 aliphatic heterocycles. The Kier molecular flexibility index (Phi) is 4.65. The zero-order valence-electron chi connectivity index (χ0n) is 15.2. The fraction of sp³-hybridized carbons (Fsp3) is 0.200. The van der Waals surface area contributed by atoms with Crippen molar-refractivity contribution in [2.24, 2.45) is 0 Å². The van der Waals surface area contributed by atoms with Crippen LogP contribution in [0.25, 0.3) is 0 Å². The van der Waals surface area contributed by atoms with Gasteiger partial charge in [-0.05, 0) is 48.4 Å². The summed E-state index contributed by atoms with van der Waals surface area (Å²) in [5.41, 5.74) is 3.02. The summed E-state index contributed by atoms with van der Waals surface area (Å²) in [5.74, 6) is 3.50. The quantitative estimate of drug-likeness (QED) is 0.687. The van der Waals surface area contributed by atoms with Crippen molar-refractivity contribution in [3.05, 3.63) is 59.8 Å². The van der Waals surface area contributed by atoms with Crippen molar-refractivity contribution in [3.8, 4) is 17.2 Å². The summed E-state index contributed by atoms with van der Waals surface area (Å²) in [6.45, 7) is 2.91. The van der Waals surface area contributed by atoms with Gasteiger partial charge in [0.1, 0.15) is 11.6 Å². The second-order valence-corrected chi connectivity index (χ2v) is 6.14. The molecule has 0 saturated carbocycles. The fourth-order valence-corrected chi connectivity index (χ4v) is 2.80. The van der Waals surface area contributed by atoms with Crippen molar-refractivity contribution >= 4 is 17.5 Å². The molecule has 0 atom stereocenters. The number of nitrogens with zero attached hydrogens (tertiary/aromatic N) is 2. The smallest absolute Gasteiger partial charge is 0.231 e. The molecule has 0 aliphatic carbocycles. The van der Waals surface area contributed by atoms with E-state index in [4.69, 9.17) is 14.2 Å². The number of hydrogen-bond donors (Lipinski definition) is 2. The van der Waals surface area contributed by atoms with Gasteiger partial charge in [-0.3, -0.25) is 0 Å². The number of methoxy groups -OCH3 is 1. The van der Waals surface area contributed by atoms with Gasteiger partial charge in [0.2, 0.25) is 12.7 Å². The molecule has 0 saturated heterocycles. The molecule has 0 bridgehead atoms. The average Bonchev–Trinajstić information content (AvgIpc) is 3.15. The van der Waals surface area contributed by atoms with Crippen LogP contribution in [0, 0.1) is 6.92 Å². The first-order valence-electron chi connectivity index (χ1n) is 8.58. The Morgan fingerprint density at radius 1 is 1.07 bits per heavy atom. The molecular weight excluding hydrogens is 344 g/mol. The molecule has 3 aromatic rings. The number of hydrogen-bond acceptors (Lipinski definition) is 7. The van der Waals surface area contributed by atoms with Crippen molar-refractivity contribution in [1.29, 1.82) is 0 Å². The van der Waals surface area contributed by atoms with Gasteiger partial charge in [0.15, 0.2) is 11.5 Å². The molecular formula is C20H20N4O3. The molecule has 7 heteroatoms. The monoisotopic (exact) mass is 364 g/mol. The van der Waals surface area contributed by atoms with Crippen LogP contribution in [0.3, 0.4) is 0 Å². The summed E-state index contributed by atoms with van der Waals surface area (Å²) in [7, 11) is 1.64. The fourth-order valence-electron chi connectivity index (χ4n) is 2.80. The van der Waals surface area contributed by atoms with Gasteiger partial charge >= 0.3 is 0 Å². The van der Waals surface area contributed by atoms with Gasteiger partial charge in [-0.15, -0.1) is 0 Å². The second kappa shape index (κ2) is 7.41. The molecule has 2 aromatic carbocycles. The molecule has 0 spiro atoms. The lowest BCUT2D eigenvalue weighted by Crippen LogP contribution is -2.05. The molecule has 138 valence electrons. The van der Waals surface area contributed by atoms with E-state index in [9.17, 15) is 0 Å². The van der Waals surface area contributed by atoms with Crippen molar-refractivity contribution in [1.82, 2.24) is 9.97 Å². The van der Waals surface area contributed by atoms with Gasteiger partial charge in [0.25, 0.3) is 0 Å². The highest BCUT2D eigenvalue weighted by Gasteiger charge is 2.13. The second-order valence-electron chi connectivity index (χ2n) is 6.14. The van der Waals surface area contributed by atoms with Crippen LogP contribution < -0.4 is 24.8 Å². The number of nitrogens with one attached hydrogen (secondary N) is 2. The van der Waals surface area contributed by atoms with Crippen molar-refractivity contribution in [2.45, 2.75) is 13.5 Å². The molecule has 0 unspecified atom stereocenters. The van der Waals surface area contributed by atoms with Gasteiger partial charge in [0, 0.05) is 12.7 Å². The summed E-state index contributed by atoms with van der Waals surface area (Å²) in [4.78, 5) is 8.80. The first-order chi connectivity index (χ1) is 13.2. The molecule has 1 aromatic heterocycles.